The third-order valence-electron chi connectivity index (χ3n) is 3.33. The van der Waals surface area contributed by atoms with Crippen LogP contribution in [-0.2, 0) is 12.8 Å². The Morgan fingerprint density at radius 3 is 1.88 bits per heavy atom. The molecule has 0 aliphatic carbocycles. The van der Waals surface area contributed by atoms with Crippen LogP contribution in [0.4, 0.5) is 0 Å². The van der Waals surface area contributed by atoms with Crippen molar-refractivity contribution in [1.29, 1.82) is 5.26 Å². The van der Waals surface area contributed by atoms with Crippen LogP contribution in [0.1, 0.15) is 44.7 Å². The highest BCUT2D eigenvalue weighted by atomic mass is 14.2. The van der Waals surface area contributed by atoms with Gasteiger partial charge in [0.05, 0.1) is 6.07 Å². The molecule has 1 rings (SSSR count). The first-order valence-corrected chi connectivity index (χ1v) is 6.60. The first kappa shape index (κ1) is 13.8. The maximum atomic E-state index is 8.64. The summed E-state index contributed by atoms with van der Waals surface area (Å²) < 4.78 is 0. The molecule has 0 amide bonds. The van der Waals surface area contributed by atoms with Crippen molar-refractivity contribution in [3.05, 3.63) is 35.4 Å². The van der Waals surface area contributed by atoms with Crippen molar-refractivity contribution in [3.8, 4) is 6.07 Å². The van der Waals surface area contributed by atoms with Crippen LogP contribution in [0.5, 0.6) is 0 Å². The van der Waals surface area contributed by atoms with Crippen molar-refractivity contribution in [1.82, 2.24) is 0 Å². The molecule has 0 bridgehead atoms. The first-order valence-electron chi connectivity index (χ1n) is 6.60. The minimum absolute atomic E-state index is 0.459. The lowest BCUT2D eigenvalue weighted by Gasteiger charge is -2.10. The quantitative estimate of drug-likeness (QED) is 0.710. The number of nitriles is 1. The second kappa shape index (κ2) is 7.12. The molecule has 1 nitrogen and oxygen atoms in total. The topological polar surface area (TPSA) is 23.8 Å². The third-order valence-corrected chi connectivity index (χ3v) is 3.33. The highest BCUT2D eigenvalue weighted by Crippen LogP contribution is 2.15. The van der Waals surface area contributed by atoms with Gasteiger partial charge in [-0.25, -0.2) is 0 Å². The zero-order valence-electron chi connectivity index (χ0n) is 11.2. The molecule has 0 heterocycles. The van der Waals surface area contributed by atoms with Gasteiger partial charge in [-0.05, 0) is 35.8 Å². The summed E-state index contributed by atoms with van der Waals surface area (Å²) in [7, 11) is 0. The van der Waals surface area contributed by atoms with Gasteiger partial charge < -0.3 is 0 Å². The zero-order valence-corrected chi connectivity index (χ0v) is 11.2. The van der Waals surface area contributed by atoms with Gasteiger partial charge in [-0.15, -0.1) is 0 Å². The van der Waals surface area contributed by atoms with Crippen molar-refractivity contribution in [2.45, 2.75) is 46.5 Å². The minimum Gasteiger partial charge on any atom is -0.198 e. The zero-order chi connectivity index (χ0) is 12.7. The Kier molecular flexibility index (Phi) is 5.77. The van der Waals surface area contributed by atoms with Gasteiger partial charge in [0.1, 0.15) is 0 Å². The molecular formula is C16H23N. The fourth-order valence-corrected chi connectivity index (χ4v) is 1.99. The van der Waals surface area contributed by atoms with Gasteiger partial charge in [-0.1, -0.05) is 51.5 Å². The highest BCUT2D eigenvalue weighted by Gasteiger charge is 2.04. The largest absolute Gasteiger partial charge is 0.198 e. The summed E-state index contributed by atoms with van der Waals surface area (Å²) in [6.07, 6.45) is 4.07. The van der Waals surface area contributed by atoms with E-state index in [2.05, 4.69) is 51.1 Å². The predicted octanol–water partition coefficient (Wildman–Crippen LogP) is 4.37. The molecule has 0 spiro atoms. The van der Waals surface area contributed by atoms with Crippen LogP contribution in [0.25, 0.3) is 0 Å². The molecule has 0 aliphatic heterocycles. The van der Waals surface area contributed by atoms with Crippen molar-refractivity contribution in [3.63, 3.8) is 0 Å². The Hall–Kier alpha value is -1.29. The van der Waals surface area contributed by atoms with Crippen molar-refractivity contribution in [2.24, 2.45) is 11.8 Å². The SMILES string of the molecule is CCC(C)Cc1ccc(CC(C)CC#N)cc1. The molecule has 0 saturated heterocycles. The standard InChI is InChI=1S/C16H23N/c1-4-13(2)11-15-5-7-16(8-6-15)12-14(3)9-10-17/h5-8,13-14H,4,9,11-12H2,1-3H3. The van der Waals surface area contributed by atoms with E-state index in [1.807, 2.05) is 0 Å². The van der Waals surface area contributed by atoms with E-state index in [-0.39, 0.29) is 0 Å². The van der Waals surface area contributed by atoms with Gasteiger partial charge in [0.2, 0.25) is 0 Å². The molecule has 1 aromatic carbocycles. The smallest absolute Gasteiger partial charge is 0.0624 e. The Labute approximate surface area is 105 Å². The molecule has 0 N–H and O–H groups in total. The molecule has 92 valence electrons. The van der Waals surface area contributed by atoms with Crippen LogP contribution < -0.4 is 0 Å². The van der Waals surface area contributed by atoms with Gasteiger partial charge in [-0.2, -0.15) is 5.26 Å². The van der Waals surface area contributed by atoms with Crippen LogP contribution >= 0.6 is 0 Å². The maximum Gasteiger partial charge on any atom is 0.0624 e. The third kappa shape index (κ3) is 5.04. The lowest BCUT2D eigenvalue weighted by Crippen LogP contribution is -2.00. The van der Waals surface area contributed by atoms with E-state index in [0.717, 1.165) is 12.3 Å². The Balaban J connectivity index is 2.53. The Morgan fingerprint density at radius 2 is 1.47 bits per heavy atom. The molecule has 2 atom stereocenters. The summed E-state index contributed by atoms with van der Waals surface area (Å²) in [5.74, 6) is 1.22. The summed E-state index contributed by atoms with van der Waals surface area (Å²) in [6.45, 7) is 6.67. The molecule has 0 radical (unpaired) electrons. The van der Waals surface area contributed by atoms with Crippen LogP contribution in [-0.4, -0.2) is 0 Å². The van der Waals surface area contributed by atoms with E-state index in [1.165, 1.54) is 24.0 Å². The van der Waals surface area contributed by atoms with Crippen molar-refractivity contribution < 1.29 is 0 Å². The number of hydrogen-bond donors (Lipinski definition) is 0. The molecule has 0 aromatic heterocycles. The predicted molar refractivity (Wildman–Crippen MR) is 72.7 cm³/mol. The normalized spacial score (nSPS) is 14.0. The summed E-state index contributed by atoms with van der Waals surface area (Å²) in [4.78, 5) is 0. The highest BCUT2D eigenvalue weighted by molar-refractivity contribution is 5.23. The lowest BCUT2D eigenvalue weighted by atomic mass is 9.95. The van der Waals surface area contributed by atoms with Crippen molar-refractivity contribution in [2.75, 3.05) is 0 Å². The van der Waals surface area contributed by atoms with Crippen molar-refractivity contribution >= 4 is 0 Å². The van der Waals surface area contributed by atoms with Crippen LogP contribution in [0.2, 0.25) is 0 Å². The molecule has 1 heteroatoms. The summed E-state index contributed by atoms with van der Waals surface area (Å²) in [6, 6.07) is 11.1. The molecule has 2 unspecified atom stereocenters. The lowest BCUT2D eigenvalue weighted by molar-refractivity contribution is 0.559. The van der Waals surface area contributed by atoms with Gasteiger partial charge in [0, 0.05) is 6.42 Å². The van der Waals surface area contributed by atoms with E-state index in [1.54, 1.807) is 0 Å². The second-order valence-corrected chi connectivity index (χ2v) is 5.21. The first-order chi connectivity index (χ1) is 8.15. The molecule has 0 saturated carbocycles. The van der Waals surface area contributed by atoms with E-state index < -0.39 is 0 Å². The van der Waals surface area contributed by atoms with Gasteiger partial charge in [0.25, 0.3) is 0 Å². The monoisotopic (exact) mass is 229 g/mol. The fraction of sp³-hybridized carbons (Fsp3) is 0.562. The molecule has 17 heavy (non-hydrogen) atoms. The molecule has 0 fully saturated rings. The van der Waals surface area contributed by atoms with Gasteiger partial charge in [0.15, 0.2) is 0 Å². The number of hydrogen-bond acceptors (Lipinski definition) is 1. The molecule has 1 aromatic rings. The summed E-state index contributed by atoms with van der Waals surface area (Å²) >= 11 is 0. The van der Waals surface area contributed by atoms with E-state index in [0.29, 0.717) is 12.3 Å². The minimum atomic E-state index is 0.459. The van der Waals surface area contributed by atoms with Gasteiger partial charge in [-0.3, -0.25) is 0 Å². The fourth-order valence-electron chi connectivity index (χ4n) is 1.99. The molecular weight excluding hydrogens is 206 g/mol. The average Bonchev–Trinajstić information content (AvgIpc) is 2.32. The Morgan fingerprint density at radius 1 is 1.00 bits per heavy atom. The average molecular weight is 229 g/mol. The van der Waals surface area contributed by atoms with Crippen LogP contribution in [0.3, 0.4) is 0 Å². The summed E-state index contributed by atoms with van der Waals surface area (Å²) in [5.41, 5.74) is 2.77. The van der Waals surface area contributed by atoms with E-state index >= 15 is 0 Å². The van der Waals surface area contributed by atoms with E-state index in [9.17, 15) is 0 Å². The number of benzene rings is 1. The molecule has 0 aliphatic rings. The van der Waals surface area contributed by atoms with Crippen LogP contribution in [0.15, 0.2) is 24.3 Å². The van der Waals surface area contributed by atoms with Crippen LogP contribution in [0, 0.1) is 23.2 Å². The van der Waals surface area contributed by atoms with E-state index in [4.69, 9.17) is 5.26 Å². The maximum absolute atomic E-state index is 8.64. The summed E-state index contributed by atoms with van der Waals surface area (Å²) in [5, 5.41) is 8.64. The number of rotatable bonds is 6. The number of nitrogens with zero attached hydrogens (tertiary/aromatic N) is 1. The van der Waals surface area contributed by atoms with Gasteiger partial charge >= 0.3 is 0 Å². The Bertz CT molecular complexity index is 358. The second-order valence-electron chi connectivity index (χ2n) is 5.21.